The van der Waals surface area contributed by atoms with Gasteiger partial charge in [-0.05, 0) is 20.3 Å². The topological polar surface area (TPSA) is 72.8 Å². The second-order valence-corrected chi connectivity index (χ2v) is 2.92. The molecule has 0 aliphatic carbocycles. The Morgan fingerprint density at radius 3 is 2.40 bits per heavy atom. The minimum atomic E-state index is -1.35. The number of rotatable bonds is 6. The van der Waals surface area contributed by atoms with Crippen LogP contribution in [0.2, 0.25) is 0 Å². The van der Waals surface area contributed by atoms with Crippen molar-refractivity contribution in [3.8, 4) is 0 Å². The van der Waals surface area contributed by atoms with Crippen LogP contribution in [0.25, 0.3) is 0 Å². The molecule has 0 bridgehead atoms. The van der Waals surface area contributed by atoms with Gasteiger partial charge in [-0.15, -0.1) is 0 Å². The lowest BCUT2D eigenvalue weighted by Crippen LogP contribution is -2.20. The Morgan fingerprint density at radius 2 is 2.00 bits per heavy atom. The van der Waals surface area contributed by atoms with Gasteiger partial charge in [0.1, 0.15) is 6.26 Å². The van der Waals surface area contributed by atoms with Crippen LogP contribution in [0, 0.1) is 0 Å². The number of esters is 1. The Kier molecular flexibility index (Phi) is 6.17. The van der Waals surface area contributed by atoms with Gasteiger partial charge in [0.2, 0.25) is 0 Å². The summed E-state index contributed by atoms with van der Waals surface area (Å²) in [5.41, 5.74) is -0.489. The monoisotopic (exact) mass is 216 g/mol. The molecule has 0 aromatic carbocycles. The van der Waals surface area contributed by atoms with Gasteiger partial charge < -0.3 is 14.6 Å². The van der Waals surface area contributed by atoms with Gasteiger partial charge in [-0.25, -0.2) is 9.59 Å². The predicted molar refractivity (Wildman–Crippen MR) is 53.2 cm³/mol. The van der Waals surface area contributed by atoms with E-state index in [1.165, 1.54) is 0 Å². The second-order valence-electron chi connectivity index (χ2n) is 2.92. The Hall–Kier alpha value is -1.52. The molecular formula is C10H16O5. The van der Waals surface area contributed by atoms with E-state index in [4.69, 9.17) is 14.6 Å². The third kappa shape index (κ3) is 5.05. The van der Waals surface area contributed by atoms with Gasteiger partial charge in [0.25, 0.3) is 0 Å². The third-order valence-corrected chi connectivity index (χ3v) is 1.70. The van der Waals surface area contributed by atoms with Gasteiger partial charge in [0.05, 0.1) is 12.7 Å². The van der Waals surface area contributed by atoms with E-state index in [-0.39, 0.29) is 6.10 Å². The third-order valence-electron chi connectivity index (χ3n) is 1.70. The standard InChI is InChI=1S/C10H16O5/c1-4-7(3)15-10(13)8(9(11)12)6-14-5-2/h6-7H,4-5H2,1-3H3,(H,11,12). The van der Waals surface area contributed by atoms with Gasteiger partial charge in [0.15, 0.2) is 5.57 Å². The minimum absolute atomic E-state index is 0.299. The van der Waals surface area contributed by atoms with Crippen LogP contribution in [0.15, 0.2) is 11.8 Å². The van der Waals surface area contributed by atoms with Crippen LogP contribution in [0.4, 0.5) is 0 Å². The quantitative estimate of drug-likeness (QED) is 0.238. The fraction of sp³-hybridized carbons (Fsp3) is 0.600. The molecule has 5 nitrogen and oxygen atoms in total. The van der Waals surface area contributed by atoms with E-state index in [1.807, 2.05) is 6.92 Å². The van der Waals surface area contributed by atoms with Crippen LogP contribution < -0.4 is 0 Å². The summed E-state index contributed by atoms with van der Waals surface area (Å²) in [6.45, 7) is 5.52. The molecule has 0 aliphatic rings. The number of carboxylic acid groups (broad SMARTS) is 1. The molecule has 0 amide bonds. The van der Waals surface area contributed by atoms with Crippen molar-refractivity contribution in [3.05, 3.63) is 11.8 Å². The molecule has 0 radical (unpaired) electrons. The lowest BCUT2D eigenvalue weighted by Gasteiger charge is -2.10. The summed E-state index contributed by atoms with van der Waals surface area (Å²) in [6, 6.07) is 0. The maximum Gasteiger partial charge on any atom is 0.349 e. The number of hydrogen-bond acceptors (Lipinski definition) is 4. The van der Waals surface area contributed by atoms with E-state index in [0.717, 1.165) is 6.26 Å². The van der Waals surface area contributed by atoms with Gasteiger partial charge in [0, 0.05) is 0 Å². The van der Waals surface area contributed by atoms with E-state index in [0.29, 0.717) is 13.0 Å². The fourth-order valence-corrected chi connectivity index (χ4v) is 0.682. The lowest BCUT2D eigenvalue weighted by molar-refractivity contribution is -0.147. The molecule has 0 fully saturated rings. The number of ether oxygens (including phenoxy) is 2. The Bertz CT molecular complexity index is 257. The van der Waals surface area contributed by atoms with Crippen molar-refractivity contribution in [2.45, 2.75) is 33.3 Å². The first-order valence-electron chi connectivity index (χ1n) is 4.78. The molecule has 5 heteroatoms. The zero-order valence-electron chi connectivity index (χ0n) is 9.15. The average molecular weight is 216 g/mol. The van der Waals surface area contributed by atoms with Crippen molar-refractivity contribution in [2.24, 2.45) is 0 Å². The summed E-state index contributed by atoms with van der Waals surface area (Å²) < 4.78 is 9.60. The van der Waals surface area contributed by atoms with Crippen molar-refractivity contribution in [3.63, 3.8) is 0 Å². The SMILES string of the molecule is CCOC=C(C(=O)O)C(=O)OC(C)CC. The maximum atomic E-state index is 11.3. The first-order valence-corrected chi connectivity index (χ1v) is 4.78. The van der Waals surface area contributed by atoms with Gasteiger partial charge in [-0.1, -0.05) is 6.92 Å². The normalized spacial score (nSPS) is 13.1. The summed E-state index contributed by atoms with van der Waals surface area (Å²) in [7, 11) is 0. The van der Waals surface area contributed by atoms with Crippen molar-refractivity contribution in [1.29, 1.82) is 0 Å². The van der Waals surface area contributed by atoms with E-state index >= 15 is 0 Å². The number of carbonyl (C=O) groups is 2. The molecule has 0 saturated carbocycles. The highest BCUT2D eigenvalue weighted by molar-refractivity contribution is 6.13. The van der Waals surface area contributed by atoms with Gasteiger partial charge in [-0.3, -0.25) is 0 Å². The summed E-state index contributed by atoms with van der Waals surface area (Å²) in [5.74, 6) is -2.22. The Balaban J connectivity index is 4.50. The summed E-state index contributed by atoms with van der Waals surface area (Å²) in [5, 5.41) is 8.71. The second kappa shape index (κ2) is 6.86. The van der Waals surface area contributed by atoms with Crippen molar-refractivity contribution in [1.82, 2.24) is 0 Å². The van der Waals surface area contributed by atoms with Crippen LogP contribution in [0.1, 0.15) is 27.2 Å². The van der Waals surface area contributed by atoms with Crippen LogP contribution in [0.5, 0.6) is 0 Å². The molecule has 0 saturated heterocycles. The molecule has 1 N–H and O–H groups in total. The zero-order valence-corrected chi connectivity index (χ0v) is 9.15. The predicted octanol–water partition coefficient (Wildman–Crippen LogP) is 1.33. The minimum Gasteiger partial charge on any atom is -0.500 e. The first kappa shape index (κ1) is 13.5. The van der Waals surface area contributed by atoms with Crippen LogP contribution in [0.3, 0.4) is 0 Å². The molecule has 1 unspecified atom stereocenters. The number of aliphatic carboxylic acids is 1. The van der Waals surface area contributed by atoms with Crippen LogP contribution in [-0.4, -0.2) is 29.8 Å². The highest BCUT2D eigenvalue weighted by Crippen LogP contribution is 2.04. The van der Waals surface area contributed by atoms with Gasteiger partial charge >= 0.3 is 11.9 Å². The van der Waals surface area contributed by atoms with Crippen LogP contribution in [-0.2, 0) is 19.1 Å². The maximum absolute atomic E-state index is 11.3. The lowest BCUT2D eigenvalue weighted by atomic mass is 10.3. The molecule has 15 heavy (non-hydrogen) atoms. The smallest absolute Gasteiger partial charge is 0.349 e. The first-order chi connectivity index (χ1) is 7.02. The highest BCUT2D eigenvalue weighted by atomic mass is 16.5. The largest absolute Gasteiger partial charge is 0.500 e. The van der Waals surface area contributed by atoms with E-state index < -0.39 is 17.5 Å². The molecule has 0 spiro atoms. The zero-order chi connectivity index (χ0) is 11.8. The molecule has 0 aromatic rings. The summed E-state index contributed by atoms with van der Waals surface area (Å²) in [4.78, 5) is 22.0. The molecular weight excluding hydrogens is 200 g/mol. The number of carbonyl (C=O) groups excluding carboxylic acids is 1. The van der Waals surface area contributed by atoms with Crippen molar-refractivity contribution >= 4 is 11.9 Å². The molecule has 86 valence electrons. The molecule has 0 heterocycles. The summed E-state index contributed by atoms with van der Waals surface area (Å²) >= 11 is 0. The average Bonchev–Trinajstić information content (AvgIpc) is 2.17. The van der Waals surface area contributed by atoms with E-state index in [9.17, 15) is 9.59 Å². The highest BCUT2D eigenvalue weighted by Gasteiger charge is 2.21. The van der Waals surface area contributed by atoms with E-state index in [1.54, 1.807) is 13.8 Å². The van der Waals surface area contributed by atoms with Crippen LogP contribution >= 0.6 is 0 Å². The number of hydrogen-bond donors (Lipinski definition) is 1. The molecule has 0 aromatic heterocycles. The number of carboxylic acids is 1. The molecule has 0 aliphatic heterocycles. The van der Waals surface area contributed by atoms with Gasteiger partial charge in [-0.2, -0.15) is 0 Å². The summed E-state index contributed by atoms with van der Waals surface area (Å²) in [6.07, 6.45) is 1.24. The molecule has 0 rings (SSSR count). The van der Waals surface area contributed by atoms with Crippen molar-refractivity contribution < 1.29 is 24.2 Å². The van der Waals surface area contributed by atoms with Crippen molar-refractivity contribution in [2.75, 3.05) is 6.61 Å². The molecule has 1 atom stereocenters. The fourth-order valence-electron chi connectivity index (χ4n) is 0.682. The Morgan fingerprint density at radius 1 is 1.40 bits per heavy atom. The van der Waals surface area contributed by atoms with E-state index in [2.05, 4.69) is 0 Å². The Labute approximate surface area is 88.7 Å².